The lowest BCUT2D eigenvalue weighted by atomic mass is 10.1. The Hall–Kier alpha value is -3.56. The van der Waals surface area contributed by atoms with E-state index in [9.17, 15) is 13.2 Å². The van der Waals surface area contributed by atoms with Crippen LogP contribution in [0.1, 0.15) is 21.7 Å². The number of hydrogen-bond donors (Lipinski definition) is 2. The van der Waals surface area contributed by atoms with E-state index in [0.717, 1.165) is 28.2 Å². The van der Waals surface area contributed by atoms with Crippen LogP contribution in [0.2, 0.25) is 0 Å². The highest BCUT2D eigenvalue weighted by atomic mass is 32.2. The minimum atomic E-state index is -3.71. The summed E-state index contributed by atoms with van der Waals surface area (Å²) in [7, 11) is -3.71. The summed E-state index contributed by atoms with van der Waals surface area (Å²) in [5, 5.41) is 8.00. The summed E-state index contributed by atoms with van der Waals surface area (Å²) < 4.78 is 24.6. The summed E-state index contributed by atoms with van der Waals surface area (Å²) in [6.07, 6.45) is 2.28. The fraction of sp³-hybridized carbons (Fsp3) is 0.136. The van der Waals surface area contributed by atoms with Crippen LogP contribution in [0.4, 0.5) is 0 Å². The predicted molar refractivity (Wildman–Crippen MR) is 117 cm³/mol. The fourth-order valence-corrected chi connectivity index (χ4v) is 3.90. The van der Waals surface area contributed by atoms with E-state index in [4.69, 9.17) is 5.14 Å². The van der Waals surface area contributed by atoms with Gasteiger partial charge in [0.15, 0.2) is 5.65 Å². The van der Waals surface area contributed by atoms with Crippen molar-refractivity contribution in [1.82, 2.24) is 19.9 Å². The van der Waals surface area contributed by atoms with Crippen molar-refractivity contribution in [1.29, 1.82) is 0 Å². The largest absolute Gasteiger partial charge is 0.352 e. The molecule has 4 aromatic rings. The minimum absolute atomic E-state index is 0.0638. The fourth-order valence-electron chi connectivity index (χ4n) is 3.39. The van der Waals surface area contributed by atoms with Crippen molar-refractivity contribution in [3.63, 3.8) is 0 Å². The van der Waals surface area contributed by atoms with Gasteiger partial charge in [0.05, 0.1) is 4.90 Å². The Balaban J connectivity index is 1.46. The van der Waals surface area contributed by atoms with E-state index in [0.29, 0.717) is 18.5 Å². The number of nitrogens with one attached hydrogen (secondary N) is 1. The number of nitrogens with zero attached hydrogens (tertiary/aromatic N) is 3. The van der Waals surface area contributed by atoms with Crippen molar-refractivity contribution >= 4 is 27.1 Å². The van der Waals surface area contributed by atoms with E-state index in [2.05, 4.69) is 15.3 Å². The first kappa shape index (κ1) is 20.7. The number of pyridine rings is 1. The van der Waals surface area contributed by atoms with Crippen molar-refractivity contribution < 1.29 is 13.2 Å². The summed E-state index contributed by atoms with van der Waals surface area (Å²) in [5.41, 5.74) is 3.76. The van der Waals surface area contributed by atoms with Gasteiger partial charge in [-0.25, -0.2) is 23.5 Å². The van der Waals surface area contributed by atoms with E-state index in [-0.39, 0.29) is 10.8 Å². The molecule has 3 N–H and O–H groups in total. The lowest BCUT2D eigenvalue weighted by molar-refractivity contribution is 0.0954. The third-order valence-corrected chi connectivity index (χ3v) is 5.83. The number of hydrogen-bond acceptors (Lipinski definition) is 5. The maximum Gasteiger partial charge on any atom is 0.251 e. The first-order valence-corrected chi connectivity index (χ1v) is 11.2. The van der Waals surface area contributed by atoms with Gasteiger partial charge >= 0.3 is 0 Å². The molecule has 2 heterocycles. The van der Waals surface area contributed by atoms with Crippen LogP contribution in [0, 0.1) is 6.92 Å². The van der Waals surface area contributed by atoms with E-state index < -0.39 is 10.0 Å². The molecule has 0 aliphatic heterocycles. The molecule has 9 heteroatoms. The first-order chi connectivity index (χ1) is 14.8. The molecule has 0 saturated carbocycles. The van der Waals surface area contributed by atoms with Gasteiger partial charge in [-0.15, -0.1) is 0 Å². The molecule has 1 amide bonds. The molecule has 0 fully saturated rings. The van der Waals surface area contributed by atoms with Gasteiger partial charge in [-0.2, -0.15) is 0 Å². The van der Waals surface area contributed by atoms with Gasteiger partial charge in [0, 0.05) is 24.0 Å². The second-order valence-corrected chi connectivity index (χ2v) is 8.65. The minimum Gasteiger partial charge on any atom is -0.352 e. The van der Waals surface area contributed by atoms with Gasteiger partial charge in [-0.05, 0) is 61.4 Å². The van der Waals surface area contributed by atoms with Gasteiger partial charge in [0.2, 0.25) is 10.0 Å². The molecule has 0 atom stereocenters. The summed E-state index contributed by atoms with van der Waals surface area (Å²) in [6.45, 7) is 2.31. The van der Waals surface area contributed by atoms with Gasteiger partial charge in [-0.3, -0.25) is 9.36 Å². The number of aryl methyl sites for hydroxylation is 1. The van der Waals surface area contributed by atoms with Crippen LogP contribution < -0.4 is 10.5 Å². The van der Waals surface area contributed by atoms with Gasteiger partial charge in [0.1, 0.15) is 11.3 Å². The molecule has 158 valence electrons. The van der Waals surface area contributed by atoms with Crippen molar-refractivity contribution in [2.24, 2.45) is 5.14 Å². The molecule has 8 nitrogen and oxygen atoms in total. The molecule has 0 aliphatic carbocycles. The molecule has 0 radical (unpaired) electrons. The lowest BCUT2D eigenvalue weighted by Crippen LogP contribution is -2.25. The van der Waals surface area contributed by atoms with Crippen LogP contribution in [0.3, 0.4) is 0 Å². The van der Waals surface area contributed by atoms with E-state index >= 15 is 0 Å². The topological polar surface area (TPSA) is 120 Å². The third kappa shape index (κ3) is 4.47. The van der Waals surface area contributed by atoms with Crippen LogP contribution in [-0.4, -0.2) is 35.4 Å². The third-order valence-electron chi connectivity index (χ3n) is 4.90. The molecule has 31 heavy (non-hydrogen) atoms. The number of imidazole rings is 1. The molecule has 2 aromatic carbocycles. The number of rotatable bonds is 6. The number of benzene rings is 2. The highest BCUT2D eigenvalue weighted by Gasteiger charge is 2.12. The highest BCUT2D eigenvalue weighted by Crippen LogP contribution is 2.20. The molecule has 0 unspecified atom stereocenters. The number of primary sulfonamides is 1. The van der Waals surface area contributed by atoms with Crippen LogP contribution >= 0.6 is 0 Å². The SMILES string of the molecule is Cc1nc2cccnc2n1-c1cccc(C(=O)NCCc2ccc(S(N)(=O)=O)cc2)c1. The molecule has 4 rings (SSSR count). The number of amides is 1. The number of carbonyl (C=O) groups is 1. The zero-order valence-electron chi connectivity index (χ0n) is 16.8. The second kappa shape index (κ2) is 8.29. The van der Waals surface area contributed by atoms with Crippen molar-refractivity contribution in [2.75, 3.05) is 6.54 Å². The van der Waals surface area contributed by atoms with Crippen LogP contribution in [0.15, 0.2) is 71.8 Å². The van der Waals surface area contributed by atoms with Gasteiger partial charge in [-0.1, -0.05) is 18.2 Å². The first-order valence-electron chi connectivity index (χ1n) is 9.63. The van der Waals surface area contributed by atoms with Crippen molar-refractivity contribution in [3.8, 4) is 5.69 Å². The predicted octanol–water partition coefficient (Wildman–Crippen LogP) is 2.35. The Morgan fingerprint density at radius 2 is 1.87 bits per heavy atom. The summed E-state index contributed by atoms with van der Waals surface area (Å²) in [5.74, 6) is 0.590. The summed E-state index contributed by atoms with van der Waals surface area (Å²) in [4.78, 5) is 21.6. The number of fused-ring (bicyclic) bond motifs is 1. The lowest BCUT2D eigenvalue weighted by Gasteiger charge is -2.10. The Morgan fingerprint density at radius 1 is 1.10 bits per heavy atom. The van der Waals surface area contributed by atoms with Crippen LogP contribution in [0.5, 0.6) is 0 Å². The Bertz CT molecular complexity index is 1360. The summed E-state index contributed by atoms with van der Waals surface area (Å²) >= 11 is 0. The number of nitrogens with two attached hydrogens (primary N) is 1. The number of aromatic nitrogens is 3. The molecule has 0 spiro atoms. The maximum absolute atomic E-state index is 12.6. The zero-order valence-corrected chi connectivity index (χ0v) is 17.6. The maximum atomic E-state index is 12.6. The van der Waals surface area contributed by atoms with Crippen molar-refractivity contribution in [2.45, 2.75) is 18.2 Å². The zero-order chi connectivity index (χ0) is 22.0. The van der Waals surface area contributed by atoms with Gasteiger partial charge < -0.3 is 5.32 Å². The molecular weight excluding hydrogens is 414 g/mol. The normalized spacial score (nSPS) is 11.5. The average molecular weight is 436 g/mol. The Labute approximate surface area is 179 Å². The highest BCUT2D eigenvalue weighted by molar-refractivity contribution is 7.89. The second-order valence-electron chi connectivity index (χ2n) is 7.09. The summed E-state index contributed by atoms with van der Waals surface area (Å²) in [6, 6.07) is 17.3. The Kier molecular flexibility index (Phi) is 5.53. The van der Waals surface area contributed by atoms with E-state index in [1.807, 2.05) is 35.8 Å². The standard InChI is InChI=1S/C22H21N5O3S/c1-15-26-20-6-3-12-24-21(20)27(15)18-5-2-4-17(14-18)22(28)25-13-11-16-7-9-19(10-8-16)31(23,29)30/h2-10,12,14H,11,13H2,1H3,(H,25,28)(H2,23,29,30). The smallest absolute Gasteiger partial charge is 0.251 e. The van der Waals surface area contributed by atoms with E-state index in [1.54, 1.807) is 30.5 Å². The van der Waals surface area contributed by atoms with Crippen molar-refractivity contribution in [3.05, 3.63) is 83.8 Å². The number of carbonyl (C=O) groups excluding carboxylic acids is 1. The molecule has 0 saturated heterocycles. The monoisotopic (exact) mass is 435 g/mol. The average Bonchev–Trinajstić information content (AvgIpc) is 3.09. The van der Waals surface area contributed by atoms with Crippen LogP contribution in [-0.2, 0) is 16.4 Å². The quantitative estimate of drug-likeness (QED) is 0.482. The number of sulfonamides is 1. The van der Waals surface area contributed by atoms with Gasteiger partial charge in [0.25, 0.3) is 5.91 Å². The van der Waals surface area contributed by atoms with Crippen LogP contribution in [0.25, 0.3) is 16.9 Å². The molecular formula is C22H21N5O3S. The van der Waals surface area contributed by atoms with E-state index in [1.165, 1.54) is 12.1 Å². The molecule has 2 aromatic heterocycles. The molecule has 0 aliphatic rings. The molecule has 0 bridgehead atoms. The Morgan fingerprint density at radius 3 is 2.61 bits per heavy atom.